The van der Waals surface area contributed by atoms with Gasteiger partial charge in [-0.15, -0.1) is 15.2 Å². The number of nitrogens with one attached hydrogen (secondary N) is 1. The fourth-order valence-corrected chi connectivity index (χ4v) is 18.5. The maximum absolute atomic E-state index is 12.1. The maximum Gasteiger partial charge on any atom is 0.333 e. The van der Waals surface area contributed by atoms with Crippen molar-refractivity contribution in [3.8, 4) is 79.4 Å². The van der Waals surface area contributed by atoms with Gasteiger partial charge >= 0.3 is 17.9 Å². The highest BCUT2D eigenvalue weighted by atomic mass is 16.7. The summed E-state index contributed by atoms with van der Waals surface area (Å²) < 4.78 is 39.9. The molecule has 129 heavy (non-hydrogen) atoms. The molecule has 3 saturated heterocycles. The van der Waals surface area contributed by atoms with Crippen molar-refractivity contribution in [3.63, 3.8) is 0 Å². The second-order valence-electron chi connectivity index (χ2n) is 33.6. The van der Waals surface area contributed by atoms with Gasteiger partial charge < -0.3 is 57.6 Å². The van der Waals surface area contributed by atoms with Crippen LogP contribution in [0.1, 0.15) is 180 Å². The summed E-state index contributed by atoms with van der Waals surface area (Å²) in [6.45, 7) is 15.5. The molecule has 0 radical (unpaired) electrons. The third kappa shape index (κ3) is 18.9. The molecular formula is C102H102N7O20+. The van der Waals surface area contributed by atoms with Crippen LogP contribution < -0.4 is 55.1 Å². The second kappa shape index (κ2) is 38.7. The molecule has 10 heterocycles. The summed E-state index contributed by atoms with van der Waals surface area (Å²) >= 11 is 0. The van der Waals surface area contributed by atoms with Gasteiger partial charge in [0, 0.05) is 193 Å². The van der Waals surface area contributed by atoms with Gasteiger partial charge in [0.25, 0.3) is 35.4 Å². The third-order valence-electron chi connectivity index (χ3n) is 24.6. The fourth-order valence-electron chi connectivity index (χ4n) is 18.5. The average Bonchev–Trinajstić information content (AvgIpc) is 1.03. The van der Waals surface area contributed by atoms with E-state index < -0.39 is 53.4 Å². The first-order valence-electron chi connectivity index (χ1n) is 45.0. The molecule has 2 aliphatic carbocycles. The largest absolute Gasteiger partial charge is 0.508 e. The molecule has 0 saturated carbocycles. The Morgan fingerprint density at radius 2 is 0.969 bits per heavy atom. The lowest BCUT2D eigenvalue weighted by molar-refractivity contribution is -0.197. The number of hydrogen-bond acceptors (Lipinski definition) is 23. The number of fused-ring (bicyclic) bond motifs is 8. The van der Waals surface area contributed by atoms with Gasteiger partial charge in [0.15, 0.2) is 5.43 Å². The predicted octanol–water partition coefficient (Wildman–Crippen LogP) is 15.0. The lowest BCUT2D eigenvalue weighted by atomic mass is 9.82. The van der Waals surface area contributed by atoms with E-state index in [0.717, 1.165) is 177 Å². The van der Waals surface area contributed by atoms with Gasteiger partial charge in [-0.2, -0.15) is 0 Å². The van der Waals surface area contributed by atoms with Gasteiger partial charge in [-0.3, -0.25) is 38.6 Å². The molecule has 6 amide bonds. The minimum atomic E-state index is -0.626. The van der Waals surface area contributed by atoms with E-state index >= 15 is 0 Å². The minimum absolute atomic E-state index is 0.0647. The summed E-state index contributed by atoms with van der Waals surface area (Å²) in [6, 6.07) is 46.8. The van der Waals surface area contributed by atoms with Crippen LogP contribution in [0.2, 0.25) is 0 Å². The number of unbranched alkanes of at least 4 members (excludes halogenated alkanes) is 3. The summed E-state index contributed by atoms with van der Waals surface area (Å²) in [4.78, 5) is 139. The van der Waals surface area contributed by atoms with E-state index in [-0.39, 0.29) is 69.0 Å². The zero-order valence-corrected chi connectivity index (χ0v) is 72.9. The van der Waals surface area contributed by atoms with E-state index in [1.807, 2.05) is 61.5 Å². The Kier molecular flexibility index (Phi) is 26.1. The van der Waals surface area contributed by atoms with Crippen LogP contribution in [0, 0.1) is 13.8 Å². The monoisotopic (exact) mass is 1740 g/mol. The number of aromatic hydroxyl groups is 1. The molecule has 19 rings (SSSR count). The summed E-state index contributed by atoms with van der Waals surface area (Å²) in [5, 5.41) is 20.5. The van der Waals surface area contributed by atoms with Crippen LogP contribution in [0.25, 0.3) is 72.4 Å². The van der Waals surface area contributed by atoms with Crippen LogP contribution in [0.3, 0.4) is 0 Å². The Bertz CT molecular complexity index is 6440. The minimum Gasteiger partial charge on any atom is -0.508 e. The first-order valence-corrected chi connectivity index (χ1v) is 45.0. The van der Waals surface area contributed by atoms with Crippen LogP contribution in [0.15, 0.2) is 164 Å². The van der Waals surface area contributed by atoms with Crippen molar-refractivity contribution in [1.29, 1.82) is 0 Å². The van der Waals surface area contributed by atoms with E-state index in [4.69, 9.17) is 42.3 Å². The van der Waals surface area contributed by atoms with Crippen molar-refractivity contribution < 1.29 is 90.6 Å². The molecule has 3 fully saturated rings. The molecule has 27 heteroatoms. The first-order chi connectivity index (χ1) is 62.7. The number of phenols is 1. The Morgan fingerprint density at radius 3 is 1.52 bits per heavy atom. The quantitative estimate of drug-likeness (QED) is 0.0209. The molecule has 0 atom stereocenters. The van der Waals surface area contributed by atoms with Crippen molar-refractivity contribution >= 4 is 92.2 Å². The van der Waals surface area contributed by atoms with Crippen molar-refractivity contribution in [3.05, 3.63) is 216 Å². The Morgan fingerprint density at radius 1 is 0.465 bits per heavy atom. The normalized spacial score (nSPS) is 15.6. The fraction of sp³-hybridized carbons (Fsp3) is 0.353. The smallest absolute Gasteiger partial charge is 0.333 e. The molecule has 7 aromatic carbocycles. The Hall–Kier alpha value is -14.0. The highest BCUT2D eigenvalue weighted by molar-refractivity contribution is 6.06. The number of aryl methyl sites for hydroxylation is 4. The second-order valence-corrected chi connectivity index (χ2v) is 33.6. The maximum atomic E-state index is 12.1. The summed E-state index contributed by atoms with van der Waals surface area (Å²) in [6.07, 6.45) is 13.1. The number of nitrogens with zero attached hydrogens (tertiary/aromatic N) is 6. The van der Waals surface area contributed by atoms with E-state index in [1.54, 1.807) is 18.2 Å². The number of carbonyl (C=O) groups excluding carboxylic acids is 9. The molecule has 7 aromatic rings. The van der Waals surface area contributed by atoms with Crippen LogP contribution in [-0.2, 0) is 83.3 Å². The number of carbonyl (C=O) groups is 9. The number of anilines is 2. The van der Waals surface area contributed by atoms with Crippen LogP contribution in [-0.4, -0.2) is 133 Å². The highest BCUT2D eigenvalue weighted by Gasteiger charge is 2.39. The summed E-state index contributed by atoms with van der Waals surface area (Å²) in [5.41, 5.74) is 20.8. The van der Waals surface area contributed by atoms with Crippen LogP contribution >= 0.6 is 0 Å². The van der Waals surface area contributed by atoms with Crippen molar-refractivity contribution in [2.24, 2.45) is 4.99 Å². The summed E-state index contributed by atoms with van der Waals surface area (Å²) in [5.74, 6) is 0.886. The van der Waals surface area contributed by atoms with Crippen molar-refractivity contribution in [2.45, 2.75) is 175 Å². The number of benzene rings is 9. The molecule has 0 spiro atoms. The first kappa shape index (κ1) is 87.1. The molecule has 0 unspecified atom stereocenters. The van der Waals surface area contributed by atoms with Gasteiger partial charge in [-0.1, -0.05) is 36.4 Å². The zero-order chi connectivity index (χ0) is 89.5. The average molecular weight is 1750 g/mol. The molecule has 12 aliphatic rings. The van der Waals surface area contributed by atoms with Gasteiger partial charge in [-0.25, -0.2) is 19.0 Å². The SMILES string of the molecule is CCN=c1cc2oc3cc(NCC)c(C)cc3c(-c3ccc(OCCCCC(=O)ON4C(=O)CCC4=O)cc3)c-2cc1C.O=C(CCCCOc1ccc(-c2c3ccc(=O)cc-3oc3cc(O)ccc23)cc1)ON1C(=O)CCC1=O.O=C(CCCCOc1ccc(C2=c3cc4c5c(c3Oc3c2cc2c6c3CCCN6CCC2)CCC[N+]=5CCC4)cc1)ON1C(=O)CCC1=O. The number of hydroxylamine groups is 6. The van der Waals surface area contributed by atoms with Crippen molar-refractivity contribution in [1.82, 2.24) is 19.8 Å². The van der Waals surface area contributed by atoms with E-state index in [1.165, 1.54) is 80.7 Å². The highest BCUT2D eigenvalue weighted by Crippen LogP contribution is 2.50. The number of hydrogen-bond donors (Lipinski definition) is 2. The number of phenolic OH excluding ortho intramolecular Hbond substituents is 1. The lowest BCUT2D eigenvalue weighted by Gasteiger charge is -2.39. The lowest BCUT2D eigenvalue weighted by Crippen LogP contribution is -2.45. The van der Waals surface area contributed by atoms with Crippen LogP contribution in [0.5, 0.6) is 34.5 Å². The number of rotatable bonds is 27. The van der Waals surface area contributed by atoms with Gasteiger partial charge in [0.1, 0.15) is 70.3 Å². The van der Waals surface area contributed by atoms with E-state index in [0.29, 0.717) is 97.2 Å². The van der Waals surface area contributed by atoms with E-state index in [2.05, 4.69) is 95.2 Å². The Balaban J connectivity index is 0.000000137. The summed E-state index contributed by atoms with van der Waals surface area (Å²) in [7, 11) is 0. The van der Waals surface area contributed by atoms with Gasteiger partial charge in [0.05, 0.1) is 30.7 Å². The molecule has 27 nitrogen and oxygen atoms in total. The number of imide groups is 3. The number of ether oxygens (including phenoxy) is 4. The van der Waals surface area contributed by atoms with Crippen molar-refractivity contribution in [2.75, 3.05) is 69.3 Å². The van der Waals surface area contributed by atoms with E-state index in [9.17, 15) is 53.1 Å². The van der Waals surface area contributed by atoms with Gasteiger partial charge in [0.2, 0.25) is 5.36 Å². The van der Waals surface area contributed by atoms with Crippen LogP contribution in [0.4, 0.5) is 11.4 Å². The number of amides is 6. The van der Waals surface area contributed by atoms with Gasteiger partial charge in [-0.05, 0) is 223 Å². The molecule has 0 aromatic heterocycles. The third-order valence-corrected chi connectivity index (χ3v) is 24.6. The molecule has 0 bridgehead atoms. The zero-order valence-electron chi connectivity index (χ0n) is 72.9. The topological polar surface area (TPSA) is 322 Å². The molecule has 2 N–H and O–H groups in total. The predicted molar refractivity (Wildman–Crippen MR) is 481 cm³/mol. The molecular weight excluding hydrogens is 1640 g/mol. The Labute approximate surface area is 744 Å². The molecule has 664 valence electrons. The molecule has 10 aliphatic heterocycles. The standard InChI is InChI=1S/C40H42N3O6.C34H37N3O6.C28H23NO8/c44-33-16-17-34(45)43(33)49-35(46)11-1-2-22-47-28-14-12-25(13-15-28)36-31-23-26-7-3-18-41-20-5-9-29(37(26)41)39(31)48-40-30-10-6-21-42-19-4-8-27(38(30)42)24-32(36)40;1-5-35-27-19-29-25(17-21(27)3)34(26-18-22(4)28(36-6-2)20-30(26)42-29)23-10-12-24(13-11-23)41-16-8-7-9-33(40)43-37-31(38)14-15-32(37)39;30-18-6-10-21-23(15-18)36-24-16-19(31)7-11-22(24)28(21)17-4-8-20(9-5-17)35-14-2-1-3-27(34)37-29-25(32)12-13-26(29)33/h12-15,23-24H,1-11,16-22H2;10-13,17-20,35H,5-9,14-16H2,1-4H3;4-11,15-16,30H,1-3,12-14H2/q+1;;.